The molecule has 1 rings (SSSR count). The highest BCUT2D eigenvalue weighted by Gasteiger charge is 2.04. The Morgan fingerprint density at radius 2 is 1.60 bits per heavy atom. The van der Waals surface area contributed by atoms with Gasteiger partial charge < -0.3 is 14.8 Å². The predicted molar refractivity (Wildman–Crippen MR) is 103 cm³/mol. The fraction of sp³-hybridized carbons (Fsp3) is 0.667. The van der Waals surface area contributed by atoms with Gasteiger partial charge in [-0.15, -0.1) is 0 Å². The maximum absolute atomic E-state index is 12.0. The van der Waals surface area contributed by atoms with Crippen LogP contribution in [-0.2, 0) is 20.7 Å². The molecule has 0 atom stereocenters. The van der Waals surface area contributed by atoms with E-state index in [2.05, 4.69) is 57.3 Å². The van der Waals surface area contributed by atoms with E-state index in [1.54, 1.807) is 0 Å². The number of hydrogen-bond donors (Lipinski definition) is 1. The predicted octanol–water partition coefficient (Wildman–Crippen LogP) is 3.59. The Morgan fingerprint density at radius 1 is 0.960 bits per heavy atom. The lowest BCUT2D eigenvalue weighted by atomic mass is 10.00. The molecule has 1 aromatic carbocycles. The van der Waals surface area contributed by atoms with E-state index < -0.39 is 0 Å². The average Bonchev–Trinajstić information content (AvgIpc) is 2.56. The average molecular weight is 350 g/mol. The molecule has 0 aromatic heterocycles. The topological polar surface area (TPSA) is 47.6 Å². The molecule has 0 radical (unpaired) electrons. The summed E-state index contributed by atoms with van der Waals surface area (Å²) in [5, 5.41) is 3.14. The first-order valence-corrected chi connectivity index (χ1v) is 9.45. The van der Waals surface area contributed by atoms with Crippen molar-refractivity contribution >= 4 is 5.78 Å². The second-order valence-corrected chi connectivity index (χ2v) is 7.20. The minimum atomic E-state index is 0.203. The van der Waals surface area contributed by atoms with Crippen molar-refractivity contribution in [3.63, 3.8) is 0 Å². The molecular formula is C21H35NO3. The first-order valence-electron chi connectivity index (χ1n) is 9.45. The molecule has 0 aliphatic heterocycles. The van der Waals surface area contributed by atoms with Gasteiger partial charge >= 0.3 is 0 Å². The molecule has 0 aliphatic carbocycles. The normalized spacial score (nSPS) is 11.4. The molecule has 4 heteroatoms. The third kappa shape index (κ3) is 11.1. The lowest BCUT2D eigenvalue weighted by Crippen LogP contribution is -2.27. The molecule has 0 bridgehead atoms. The Morgan fingerprint density at radius 3 is 2.20 bits per heavy atom. The van der Waals surface area contributed by atoms with Gasteiger partial charge in [-0.3, -0.25) is 4.79 Å². The first kappa shape index (κ1) is 21.8. The van der Waals surface area contributed by atoms with Crippen LogP contribution < -0.4 is 5.32 Å². The molecule has 0 saturated carbocycles. The number of benzene rings is 1. The van der Waals surface area contributed by atoms with E-state index in [-0.39, 0.29) is 5.78 Å². The molecule has 1 N–H and O–H groups in total. The first-order chi connectivity index (χ1) is 12.0. The number of rotatable bonds is 14. The van der Waals surface area contributed by atoms with Crippen LogP contribution in [0.4, 0.5) is 0 Å². The van der Waals surface area contributed by atoms with Gasteiger partial charge in [0.15, 0.2) is 5.78 Å². The number of ketones is 1. The van der Waals surface area contributed by atoms with Crippen molar-refractivity contribution in [3.05, 3.63) is 35.4 Å². The zero-order valence-corrected chi connectivity index (χ0v) is 16.3. The molecule has 0 amide bonds. The zero-order chi connectivity index (χ0) is 18.5. The number of carbonyl (C=O) groups excluding carboxylic acids is 1. The summed E-state index contributed by atoms with van der Waals surface area (Å²) in [6, 6.07) is 8.32. The van der Waals surface area contributed by atoms with Crippen molar-refractivity contribution in [1.82, 2.24) is 5.32 Å². The summed E-state index contributed by atoms with van der Waals surface area (Å²) in [7, 11) is 0. The van der Waals surface area contributed by atoms with E-state index in [0.717, 1.165) is 18.6 Å². The Hall–Kier alpha value is -1.23. The van der Waals surface area contributed by atoms with Crippen LogP contribution in [0.2, 0.25) is 0 Å². The minimum absolute atomic E-state index is 0.203. The fourth-order valence-corrected chi connectivity index (χ4v) is 2.32. The molecule has 142 valence electrons. The SMILES string of the molecule is CC(C)CCOCCOCCNCC(=O)Cc1ccc(C(C)C)cc1. The van der Waals surface area contributed by atoms with Gasteiger partial charge in [0.2, 0.25) is 0 Å². The van der Waals surface area contributed by atoms with Gasteiger partial charge in [0.1, 0.15) is 0 Å². The molecule has 25 heavy (non-hydrogen) atoms. The molecule has 1 aromatic rings. The summed E-state index contributed by atoms with van der Waals surface area (Å²) >= 11 is 0. The Labute approximate surface area is 153 Å². The molecule has 4 nitrogen and oxygen atoms in total. The van der Waals surface area contributed by atoms with Crippen molar-refractivity contribution in [2.24, 2.45) is 5.92 Å². The number of hydrogen-bond acceptors (Lipinski definition) is 4. The van der Waals surface area contributed by atoms with E-state index in [1.165, 1.54) is 5.56 Å². The number of ether oxygens (including phenoxy) is 2. The van der Waals surface area contributed by atoms with E-state index in [9.17, 15) is 4.79 Å². The van der Waals surface area contributed by atoms with Crippen molar-refractivity contribution in [1.29, 1.82) is 0 Å². The summed E-state index contributed by atoms with van der Waals surface area (Å²) in [4.78, 5) is 12.0. The van der Waals surface area contributed by atoms with Crippen LogP contribution in [0.1, 0.15) is 51.2 Å². The van der Waals surface area contributed by atoms with Crippen LogP contribution in [0.15, 0.2) is 24.3 Å². The minimum Gasteiger partial charge on any atom is -0.379 e. The second kappa shape index (κ2) is 13.0. The highest BCUT2D eigenvalue weighted by Crippen LogP contribution is 2.14. The smallest absolute Gasteiger partial charge is 0.150 e. The van der Waals surface area contributed by atoms with Gasteiger partial charge in [-0.25, -0.2) is 0 Å². The zero-order valence-electron chi connectivity index (χ0n) is 16.3. The van der Waals surface area contributed by atoms with Gasteiger partial charge in [0.25, 0.3) is 0 Å². The van der Waals surface area contributed by atoms with Crippen LogP contribution >= 0.6 is 0 Å². The van der Waals surface area contributed by atoms with Crippen LogP contribution in [-0.4, -0.2) is 45.3 Å². The van der Waals surface area contributed by atoms with Crippen LogP contribution in [0.3, 0.4) is 0 Å². The van der Waals surface area contributed by atoms with Crippen molar-refractivity contribution < 1.29 is 14.3 Å². The maximum atomic E-state index is 12.0. The van der Waals surface area contributed by atoms with E-state index in [0.29, 0.717) is 51.2 Å². The van der Waals surface area contributed by atoms with Crippen molar-refractivity contribution in [2.75, 3.05) is 39.5 Å². The van der Waals surface area contributed by atoms with Gasteiger partial charge in [-0.2, -0.15) is 0 Å². The van der Waals surface area contributed by atoms with E-state index >= 15 is 0 Å². The van der Waals surface area contributed by atoms with E-state index in [1.807, 2.05) is 0 Å². The van der Waals surface area contributed by atoms with Crippen molar-refractivity contribution in [2.45, 2.75) is 46.5 Å². The molecular weight excluding hydrogens is 314 g/mol. The number of nitrogens with one attached hydrogen (secondary N) is 1. The molecule has 0 unspecified atom stereocenters. The number of Topliss-reactive ketones (excluding diaryl/α,β-unsaturated/α-hetero) is 1. The molecule has 0 aliphatic rings. The Kier molecular flexibility index (Phi) is 11.4. The lowest BCUT2D eigenvalue weighted by molar-refractivity contribution is -0.117. The van der Waals surface area contributed by atoms with Gasteiger partial charge in [-0.1, -0.05) is 52.0 Å². The Bertz CT molecular complexity index is 469. The third-order valence-electron chi connectivity index (χ3n) is 4.00. The lowest BCUT2D eigenvalue weighted by Gasteiger charge is -2.08. The van der Waals surface area contributed by atoms with Gasteiger partial charge in [0, 0.05) is 19.6 Å². The monoisotopic (exact) mass is 349 g/mol. The standard InChI is InChI=1S/C21H35NO3/c1-17(2)9-11-24-13-14-25-12-10-22-16-21(23)15-19-5-7-20(8-6-19)18(3)4/h5-8,17-18,22H,9-16H2,1-4H3. The van der Waals surface area contributed by atoms with E-state index in [4.69, 9.17) is 9.47 Å². The summed E-state index contributed by atoms with van der Waals surface area (Å²) in [6.07, 6.45) is 1.57. The fourth-order valence-electron chi connectivity index (χ4n) is 2.32. The summed E-state index contributed by atoms with van der Waals surface area (Å²) < 4.78 is 11.0. The third-order valence-corrected chi connectivity index (χ3v) is 4.00. The molecule has 0 heterocycles. The Balaban J connectivity index is 2.00. The quantitative estimate of drug-likeness (QED) is 0.522. The van der Waals surface area contributed by atoms with Crippen LogP contribution in [0.5, 0.6) is 0 Å². The van der Waals surface area contributed by atoms with Crippen molar-refractivity contribution in [3.8, 4) is 0 Å². The largest absolute Gasteiger partial charge is 0.379 e. The van der Waals surface area contributed by atoms with Crippen LogP contribution in [0.25, 0.3) is 0 Å². The highest BCUT2D eigenvalue weighted by molar-refractivity contribution is 5.82. The molecule has 0 saturated heterocycles. The molecule has 0 spiro atoms. The van der Waals surface area contributed by atoms with Gasteiger partial charge in [-0.05, 0) is 29.4 Å². The highest BCUT2D eigenvalue weighted by atomic mass is 16.5. The number of carbonyl (C=O) groups is 1. The van der Waals surface area contributed by atoms with Gasteiger partial charge in [0.05, 0.1) is 26.4 Å². The van der Waals surface area contributed by atoms with Crippen LogP contribution in [0, 0.1) is 5.92 Å². The maximum Gasteiger partial charge on any atom is 0.150 e. The summed E-state index contributed by atoms with van der Waals surface area (Å²) in [5.74, 6) is 1.40. The second-order valence-electron chi connectivity index (χ2n) is 7.20. The summed E-state index contributed by atoms with van der Waals surface area (Å²) in [5.41, 5.74) is 2.38. The summed E-state index contributed by atoms with van der Waals surface area (Å²) in [6.45, 7) is 12.4. The molecule has 0 fully saturated rings.